The Morgan fingerprint density at radius 2 is 2.17 bits per heavy atom. The van der Waals surface area contributed by atoms with Gasteiger partial charge in [0.15, 0.2) is 0 Å². The number of halogens is 1. The second kappa shape index (κ2) is 5.22. The third-order valence-corrected chi connectivity index (χ3v) is 2.79. The number of nitrogens with zero attached hydrogens (tertiary/aromatic N) is 1. The van der Waals surface area contributed by atoms with Crippen LogP contribution in [0.1, 0.15) is 16.3 Å². The van der Waals surface area contributed by atoms with Gasteiger partial charge in [-0.3, -0.25) is 4.79 Å². The molecule has 6 heteroatoms. The summed E-state index contributed by atoms with van der Waals surface area (Å²) in [7, 11) is 1.28. The van der Waals surface area contributed by atoms with E-state index in [1.807, 2.05) is 0 Å². The Balaban J connectivity index is 2.24. The number of methoxy groups -OCH3 is 1. The second-order valence-corrected chi connectivity index (χ2v) is 4.49. The Hall–Kier alpha value is -1.82. The van der Waals surface area contributed by atoms with E-state index in [1.54, 1.807) is 18.3 Å². The number of hydrogen-bond acceptors (Lipinski definition) is 4. The lowest BCUT2D eigenvalue weighted by Gasteiger charge is -2.03. The van der Waals surface area contributed by atoms with Gasteiger partial charge in [-0.15, -0.1) is 0 Å². The van der Waals surface area contributed by atoms with Crippen molar-refractivity contribution in [2.75, 3.05) is 7.11 Å². The van der Waals surface area contributed by atoms with E-state index in [-0.39, 0.29) is 17.9 Å². The summed E-state index contributed by atoms with van der Waals surface area (Å²) in [5.74, 6) is 0.0917. The van der Waals surface area contributed by atoms with Gasteiger partial charge in [0.1, 0.15) is 5.76 Å². The molecule has 0 amide bonds. The molecule has 0 fully saturated rings. The molecule has 5 nitrogen and oxygen atoms in total. The number of rotatable bonds is 3. The lowest BCUT2D eigenvalue weighted by molar-refractivity contribution is 0.0563. The van der Waals surface area contributed by atoms with Crippen LogP contribution in [0.5, 0.6) is 0 Å². The Bertz CT molecular complexity index is 629. The summed E-state index contributed by atoms with van der Waals surface area (Å²) in [4.78, 5) is 22.8. The maximum absolute atomic E-state index is 11.6. The van der Waals surface area contributed by atoms with Gasteiger partial charge in [-0.25, -0.2) is 4.79 Å². The van der Waals surface area contributed by atoms with Crippen molar-refractivity contribution in [3.05, 3.63) is 56.8 Å². The van der Waals surface area contributed by atoms with Crippen molar-refractivity contribution in [3.63, 3.8) is 0 Å². The van der Waals surface area contributed by atoms with Gasteiger partial charge in [-0.05, 0) is 34.1 Å². The molecule has 0 aliphatic carbocycles. The molecule has 2 heterocycles. The summed E-state index contributed by atoms with van der Waals surface area (Å²) in [6.07, 6.45) is 1.66. The Morgan fingerprint density at radius 3 is 2.89 bits per heavy atom. The zero-order chi connectivity index (χ0) is 13.1. The third kappa shape index (κ3) is 2.70. The minimum absolute atomic E-state index is 0.121. The fraction of sp³-hybridized carbons (Fsp3) is 0.167. The maximum atomic E-state index is 11.6. The van der Waals surface area contributed by atoms with Gasteiger partial charge in [-0.2, -0.15) is 0 Å². The first kappa shape index (κ1) is 12.6. The van der Waals surface area contributed by atoms with Crippen molar-refractivity contribution in [1.29, 1.82) is 0 Å². The highest BCUT2D eigenvalue weighted by molar-refractivity contribution is 9.10. The second-order valence-electron chi connectivity index (χ2n) is 3.57. The summed E-state index contributed by atoms with van der Waals surface area (Å²) >= 11 is 3.28. The molecule has 0 saturated carbocycles. The van der Waals surface area contributed by atoms with Gasteiger partial charge in [0.05, 0.1) is 13.7 Å². The molecule has 0 aliphatic heterocycles. The van der Waals surface area contributed by atoms with Gasteiger partial charge < -0.3 is 13.7 Å². The Morgan fingerprint density at radius 1 is 1.39 bits per heavy atom. The van der Waals surface area contributed by atoms with E-state index < -0.39 is 5.97 Å². The van der Waals surface area contributed by atoms with E-state index >= 15 is 0 Å². The monoisotopic (exact) mass is 311 g/mol. The van der Waals surface area contributed by atoms with Crippen LogP contribution in [0, 0.1) is 0 Å². The first-order valence-electron chi connectivity index (χ1n) is 5.13. The minimum atomic E-state index is -0.539. The van der Waals surface area contributed by atoms with Crippen LogP contribution < -0.4 is 5.56 Å². The van der Waals surface area contributed by atoms with E-state index in [1.165, 1.54) is 23.8 Å². The first-order valence-corrected chi connectivity index (χ1v) is 5.92. The summed E-state index contributed by atoms with van der Waals surface area (Å²) < 4.78 is 12.1. The van der Waals surface area contributed by atoms with Crippen LogP contribution >= 0.6 is 15.9 Å². The summed E-state index contributed by atoms with van der Waals surface area (Å²) in [5, 5.41) is 0. The fourth-order valence-electron chi connectivity index (χ4n) is 1.47. The molecule has 2 rings (SSSR count). The molecule has 2 aromatic rings. The van der Waals surface area contributed by atoms with Crippen molar-refractivity contribution in [3.8, 4) is 0 Å². The molecular weight excluding hydrogens is 302 g/mol. The van der Waals surface area contributed by atoms with Crippen molar-refractivity contribution in [2.24, 2.45) is 0 Å². The molecule has 18 heavy (non-hydrogen) atoms. The van der Waals surface area contributed by atoms with Crippen LogP contribution in [0.25, 0.3) is 0 Å². The smallest absolute Gasteiger partial charge is 0.373 e. The van der Waals surface area contributed by atoms with Crippen LogP contribution in [0.4, 0.5) is 0 Å². The molecule has 0 unspecified atom stereocenters. The zero-order valence-corrected chi connectivity index (χ0v) is 11.1. The summed E-state index contributed by atoms with van der Waals surface area (Å²) in [6, 6.07) is 6.28. The average molecular weight is 312 g/mol. The molecule has 0 spiro atoms. The fourth-order valence-corrected chi connectivity index (χ4v) is 1.85. The number of carbonyl (C=O) groups is 1. The molecule has 0 saturated heterocycles. The lowest BCUT2D eigenvalue weighted by atomic mass is 10.4. The predicted molar refractivity (Wildman–Crippen MR) is 67.6 cm³/mol. The molecule has 2 aromatic heterocycles. The largest absolute Gasteiger partial charge is 0.463 e. The average Bonchev–Trinajstić information content (AvgIpc) is 2.81. The molecule has 0 aromatic carbocycles. The van der Waals surface area contributed by atoms with Crippen LogP contribution in [0.15, 0.2) is 44.1 Å². The predicted octanol–water partition coefficient (Wildman–Crippen LogP) is 2.04. The molecule has 0 radical (unpaired) electrons. The van der Waals surface area contributed by atoms with Gasteiger partial charge in [0, 0.05) is 16.7 Å². The maximum Gasteiger partial charge on any atom is 0.373 e. The highest BCUT2D eigenvalue weighted by Crippen LogP contribution is 2.11. The van der Waals surface area contributed by atoms with Crippen LogP contribution in [0.3, 0.4) is 0 Å². The van der Waals surface area contributed by atoms with E-state index in [0.29, 0.717) is 5.76 Å². The molecule has 0 aliphatic rings. The molecule has 0 N–H and O–H groups in total. The first-order chi connectivity index (χ1) is 8.60. The van der Waals surface area contributed by atoms with Crippen molar-refractivity contribution >= 4 is 21.9 Å². The Labute approximate surface area is 111 Å². The zero-order valence-electron chi connectivity index (χ0n) is 9.55. The molecule has 0 bridgehead atoms. The van der Waals surface area contributed by atoms with Crippen molar-refractivity contribution in [1.82, 2.24) is 4.57 Å². The number of carbonyl (C=O) groups excluding carboxylic acids is 1. The van der Waals surface area contributed by atoms with Crippen LogP contribution in [-0.4, -0.2) is 17.6 Å². The lowest BCUT2D eigenvalue weighted by Crippen LogP contribution is -2.18. The van der Waals surface area contributed by atoms with Crippen LogP contribution in [0.2, 0.25) is 0 Å². The number of aromatic nitrogens is 1. The standard InChI is InChI=1S/C12H10BrNO4/c1-17-12(16)10-4-3-9(18-10)7-14-6-8(13)2-5-11(14)15/h2-6H,7H2,1H3. The van der Waals surface area contributed by atoms with Gasteiger partial charge in [-0.1, -0.05) is 0 Å². The van der Waals surface area contributed by atoms with E-state index in [9.17, 15) is 9.59 Å². The minimum Gasteiger partial charge on any atom is -0.463 e. The molecule has 0 atom stereocenters. The highest BCUT2D eigenvalue weighted by atomic mass is 79.9. The van der Waals surface area contributed by atoms with Gasteiger partial charge >= 0.3 is 5.97 Å². The number of esters is 1. The molecule has 94 valence electrons. The summed E-state index contributed by atoms with van der Waals surface area (Å²) in [6.45, 7) is 0.259. The third-order valence-electron chi connectivity index (χ3n) is 2.32. The van der Waals surface area contributed by atoms with Gasteiger partial charge in [0.2, 0.25) is 5.76 Å². The number of furan rings is 1. The Kier molecular flexibility index (Phi) is 3.66. The number of hydrogen-bond donors (Lipinski definition) is 0. The number of ether oxygens (including phenoxy) is 1. The van der Waals surface area contributed by atoms with Crippen molar-refractivity contribution in [2.45, 2.75) is 6.54 Å². The SMILES string of the molecule is COC(=O)c1ccc(Cn2cc(Br)ccc2=O)o1. The van der Waals surface area contributed by atoms with E-state index in [2.05, 4.69) is 20.7 Å². The highest BCUT2D eigenvalue weighted by Gasteiger charge is 2.11. The van der Waals surface area contributed by atoms with Crippen LogP contribution in [-0.2, 0) is 11.3 Å². The molecular formula is C12H10BrNO4. The van der Waals surface area contributed by atoms with E-state index in [0.717, 1.165) is 4.47 Å². The topological polar surface area (TPSA) is 61.4 Å². The normalized spacial score (nSPS) is 10.3. The van der Waals surface area contributed by atoms with Gasteiger partial charge in [0.25, 0.3) is 5.56 Å². The van der Waals surface area contributed by atoms with Crippen molar-refractivity contribution < 1.29 is 13.9 Å². The quantitative estimate of drug-likeness (QED) is 0.814. The summed E-state index contributed by atoms with van der Waals surface area (Å²) in [5.41, 5.74) is -0.144. The number of pyridine rings is 1. The van der Waals surface area contributed by atoms with E-state index in [4.69, 9.17) is 4.42 Å².